The standard InChI is InChI=1S/C28H25ClFN5OS/c1-17(2)27(36)32-22-12-11-20(16-21(22)29)35-26(25(33-28(35)37)23-9-3-4-13-31-23)24-10-6-14-34(24)19-8-5-7-18(30)15-19/h3-17,25-26H,1-2H3,(H,32,36)(H,33,37)/t25-,26+/m0/s1. The van der Waals surface area contributed by atoms with Crippen LogP contribution in [0.1, 0.15) is 37.3 Å². The van der Waals surface area contributed by atoms with Crippen molar-refractivity contribution in [3.8, 4) is 5.69 Å². The van der Waals surface area contributed by atoms with E-state index in [-0.39, 0.29) is 29.7 Å². The van der Waals surface area contributed by atoms with Gasteiger partial charge in [-0.2, -0.15) is 0 Å². The highest BCUT2D eigenvalue weighted by Gasteiger charge is 2.42. The van der Waals surface area contributed by atoms with Gasteiger partial charge in [0.05, 0.1) is 22.4 Å². The minimum absolute atomic E-state index is 0.117. The van der Waals surface area contributed by atoms with Gasteiger partial charge in [-0.05, 0) is 72.9 Å². The third kappa shape index (κ3) is 4.95. The fourth-order valence-corrected chi connectivity index (χ4v) is 5.03. The molecule has 2 N–H and O–H groups in total. The maximum atomic E-state index is 14.1. The van der Waals surface area contributed by atoms with Gasteiger partial charge in [-0.3, -0.25) is 9.78 Å². The second kappa shape index (κ2) is 10.3. The van der Waals surface area contributed by atoms with Crippen LogP contribution in [0.3, 0.4) is 0 Å². The summed E-state index contributed by atoms with van der Waals surface area (Å²) in [5.41, 5.74) is 3.68. The molecule has 188 valence electrons. The Hall–Kier alpha value is -3.75. The Kier molecular flexibility index (Phi) is 6.95. The topological polar surface area (TPSA) is 62.2 Å². The lowest BCUT2D eigenvalue weighted by atomic mass is 10.0. The molecule has 0 radical (unpaired) electrons. The Balaban J connectivity index is 1.60. The number of carbonyl (C=O) groups is 1. The van der Waals surface area contributed by atoms with Crippen LogP contribution in [0.2, 0.25) is 5.02 Å². The second-order valence-corrected chi connectivity index (χ2v) is 9.88. The number of carbonyl (C=O) groups excluding carboxylic acids is 1. The Morgan fingerprint density at radius 1 is 1.08 bits per heavy atom. The lowest BCUT2D eigenvalue weighted by Crippen LogP contribution is -2.30. The van der Waals surface area contributed by atoms with E-state index < -0.39 is 0 Å². The Bertz CT molecular complexity index is 1460. The maximum Gasteiger partial charge on any atom is 0.226 e. The van der Waals surface area contributed by atoms with Crippen LogP contribution in [0, 0.1) is 11.7 Å². The van der Waals surface area contributed by atoms with E-state index in [2.05, 4.69) is 15.6 Å². The van der Waals surface area contributed by atoms with Crippen LogP contribution in [-0.4, -0.2) is 20.6 Å². The first-order chi connectivity index (χ1) is 17.8. The summed E-state index contributed by atoms with van der Waals surface area (Å²) in [6.07, 6.45) is 3.64. The summed E-state index contributed by atoms with van der Waals surface area (Å²) in [6, 6.07) is 20.9. The quantitative estimate of drug-likeness (QED) is 0.279. The van der Waals surface area contributed by atoms with Crippen molar-refractivity contribution in [2.45, 2.75) is 25.9 Å². The van der Waals surface area contributed by atoms with Gasteiger partial charge in [0.1, 0.15) is 11.9 Å². The van der Waals surface area contributed by atoms with Gasteiger partial charge in [-0.25, -0.2) is 4.39 Å². The smallest absolute Gasteiger partial charge is 0.226 e. The largest absolute Gasteiger partial charge is 0.351 e. The van der Waals surface area contributed by atoms with Crippen molar-refractivity contribution in [3.63, 3.8) is 0 Å². The highest BCUT2D eigenvalue weighted by atomic mass is 35.5. The first kappa shape index (κ1) is 24.9. The van der Waals surface area contributed by atoms with Crippen LogP contribution in [-0.2, 0) is 4.79 Å². The van der Waals surface area contributed by atoms with E-state index >= 15 is 0 Å². The van der Waals surface area contributed by atoms with Gasteiger partial charge in [0, 0.05) is 35.4 Å². The fraction of sp³-hybridized carbons (Fsp3) is 0.179. The zero-order valence-electron chi connectivity index (χ0n) is 20.2. The summed E-state index contributed by atoms with van der Waals surface area (Å²) < 4.78 is 16.1. The molecule has 2 aromatic heterocycles. The third-order valence-corrected chi connectivity index (χ3v) is 6.91. The molecule has 2 aromatic carbocycles. The number of hydrogen-bond acceptors (Lipinski definition) is 3. The SMILES string of the molecule is CC(C)C(=O)Nc1ccc(N2C(=S)N[C@@H](c3ccccn3)[C@H]2c2cccn2-c2cccc(F)c2)cc1Cl. The number of halogens is 2. The summed E-state index contributed by atoms with van der Waals surface area (Å²) in [4.78, 5) is 18.8. The molecule has 6 nitrogen and oxygen atoms in total. The zero-order chi connectivity index (χ0) is 26.1. The average molecular weight is 534 g/mol. The number of anilines is 2. The number of amides is 1. The molecule has 3 heterocycles. The van der Waals surface area contributed by atoms with E-state index in [4.69, 9.17) is 23.8 Å². The number of pyridine rings is 1. The molecule has 0 aliphatic carbocycles. The third-order valence-electron chi connectivity index (χ3n) is 6.28. The number of rotatable bonds is 6. The number of hydrogen-bond donors (Lipinski definition) is 2. The predicted molar refractivity (Wildman–Crippen MR) is 149 cm³/mol. The molecule has 9 heteroatoms. The van der Waals surface area contributed by atoms with Crippen molar-refractivity contribution < 1.29 is 9.18 Å². The lowest BCUT2D eigenvalue weighted by Gasteiger charge is -2.29. The Labute approximate surface area is 225 Å². The van der Waals surface area contributed by atoms with Crippen LogP contribution < -0.4 is 15.5 Å². The Morgan fingerprint density at radius 2 is 1.92 bits per heavy atom. The molecule has 0 bridgehead atoms. The minimum Gasteiger partial charge on any atom is -0.351 e. The molecule has 2 atom stereocenters. The minimum atomic E-state index is -0.326. The number of thiocarbonyl (C=S) groups is 1. The van der Waals surface area contributed by atoms with E-state index in [0.717, 1.165) is 17.1 Å². The monoisotopic (exact) mass is 533 g/mol. The zero-order valence-corrected chi connectivity index (χ0v) is 21.8. The lowest BCUT2D eigenvalue weighted by molar-refractivity contribution is -0.118. The molecule has 37 heavy (non-hydrogen) atoms. The second-order valence-electron chi connectivity index (χ2n) is 9.09. The molecule has 0 spiro atoms. The molecule has 1 amide bonds. The molecule has 1 aliphatic rings. The van der Waals surface area contributed by atoms with E-state index in [1.54, 1.807) is 24.4 Å². The summed E-state index contributed by atoms with van der Waals surface area (Å²) >= 11 is 12.4. The van der Waals surface area contributed by atoms with E-state index in [1.807, 2.05) is 72.0 Å². The first-order valence-corrected chi connectivity index (χ1v) is 12.7. The molecule has 4 aromatic rings. The summed E-state index contributed by atoms with van der Waals surface area (Å²) in [5.74, 6) is -0.611. The molecule has 0 unspecified atom stereocenters. The number of nitrogens with zero attached hydrogens (tertiary/aromatic N) is 3. The van der Waals surface area contributed by atoms with Crippen molar-refractivity contribution >= 4 is 46.2 Å². The average Bonchev–Trinajstić information content (AvgIpc) is 3.50. The van der Waals surface area contributed by atoms with Crippen molar-refractivity contribution in [1.82, 2.24) is 14.9 Å². The number of aromatic nitrogens is 2. The van der Waals surface area contributed by atoms with Crippen LogP contribution in [0.5, 0.6) is 0 Å². The molecule has 0 saturated carbocycles. The van der Waals surface area contributed by atoms with Crippen molar-refractivity contribution in [1.29, 1.82) is 0 Å². The number of benzene rings is 2. The van der Waals surface area contributed by atoms with E-state index in [1.165, 1.54) is 12.1 Å². The van der Waals surface area contributed by atoms with Crippen molar-refractivity contribution in [2.24, 2.45) is 5.92 Å². The van der Waals surface area contributed by atoms with Crippen LogP contribution >= 0.6 is 23.8 Å². The number of nitrogens with one attached hydrogen (secondary N) is 2. The highest BCUT2D eigenvalue weighted by molar-refractivity contribution is 7.80. The van der Waals surface area contributed by atoms with E-state index in [9.17, 15) is 9.18 Å². The fourth-order valence-electron chi connectivity index (χ4n) is 4.46. The van der Waals surface area contributed by atoms with Gasteiger partial charge in [0.15, 0.2) is 5.11 Å². The van der Waals surface area contributed by atoms with Gasteiger partial charge >= 0.3 is 0 Å². The molecular formula is C28H25ClFN5OS. The normalized spacial score (nSPS) is 17.2. The van der Waals surface area contributed by atoms with Gasteiger partial charge < -0.3 is 20.1 Å². The molecule has 1 aliphatic heterocycles. The maximum absolute atomic E-state index is 14.1. The van der Waals surface area contributed by atoms with Crippen LogP contribution in [0.25, 0.3) is 5.69 Å². The molecule has 1 fully saturated rings. The van der Waals surface area contributed by atoms with E-state index in [0.29, 0.717) is 21.5 Å². The molecule has 1 saturated heterocycles. The van der Waals surface area contributed by atoms with Crippen LogP contribution in [0.4, 0.5) is 15.8 Å². The summed E-state index contributed by atoms with van der Waals surface area (Å²) in [5, 5.41) is 7.18. The van der Waals surface area contributed by atoms with Gasteiger partial charge in [-0.15, -0.1) is 0 Å². The van der Waals surface area contributed by atoms with Gasteiger partial charge in [-0.1, -0.05) is 37.6 Å². The van der Waals surface area contributed by atoms with Gasteiger partial charge in [0.2, 0.25) is 5.91 Å². The van der Waals surface area contributed by atoms with Crippen molar-refractivity contribution in [3.05, 3.63) is 107 Å². The molecule has 5 rings (SSSR count). The van der Waals surface area contributed by atoms with Crippen molar-refractivity contribution in [2.75, 3.05) is 10.2 Å². The molecular weight excluding hydrogens is 509 g/mol. The first-order valence-electron chi connectivity index (χ1n) is 11.9. The van der Waals surface area contributed by atoms with Crippen LogP contribution in [0.15, 0.2) is 85.2 Å². The Morgan fingerprint density at radius 3 is 2.62 bits per heavy atom. The summed E-state index contributed by atoms with van der Waals surface area (Å²) in [6.45, 7) is 3.64. The highest BCUT2D eigenvalue weighted by Crippen LogP contribution is 2.43. The van der Waals surface area contributed by atoms with Gasteiger partial charge in [0.25, 0.3) is 0 Å². The predicted octanol–water partition coefficient (Wildman–Crippen LogP) is 6.44. The summed E-state index contributed by atoms with van der Waals surface area (Å²) in [7, 11) is 0.